The molecule has 0 saturated heterocycles. The summed E-state index contributed by atoms with van der Waals surface area (Å²) in [5.41, 5.74) is 7.14. The Kier molecular flexibility index (Phi) is 7.92. The molecule has 1 aliphatic carbocycles. The smallest absolute Gasteiger partial charge is 0.251 e. The monoisotopic (exact) mass is 498 g/mol. The maximum Gasteiger partial charge on any atom is 0.251 e. The Morgan fingerprint density at radius 2 is 1.68 bits per heavy atom. The maximum absolute atomic E-state index is 13.3. The highest BCUT2D eigenvalue weighted by Gasteiger charge is 2.22. The molecule has 0 bridgehead atoms. The molecule has 0 unspecified atom stereocenters. The number of amides is 2. The van der Waals surface area contributed by atoms with Gasteiger partial charge in [0.2, 0.25) is 5.91 Å². The Labute approximate surface area is 217 Å². The fourth-order valence-electron chi connectivity index (χ4n) is 4.61. The van der Waals surface area contributed by atoms with E-state index in [0.29, 0.717) is 31.0 Å². The average molecular weight is 499 g/mol. The Morgan fingerprint density at radius 1 is 0.919 bits per heavy atom. The molecule has 3 N–H and O–H groups in total. The SMILES string of the molecule is CCN=c1cc2oc3cc(NCC)c(C)cc3c(-c3ccccc3C(=O)NCCNC(C)=O)c-2cc1C. The topological polar surface area (TPSA) is 95.7 Å². The van der Waals surface area contributed by atoms with Crippen LogP contribution in [0, 0.1) is 13.8 Å². The van der Waals surface area contributed by atoms with Crippen LogP contribution in [0.25, 0.3) is 33.4 Å². The van der Waals surface area contributed by atoms with Gasteiger partial charge >= 0.3 is 0 Å². The molecule has 2 aromatic carbocycles. The predicted molar refractivity (Wildman–Crippen MR) is 149 cm³/mol. The first-order chi connectivity index (χ1) is 17.8. The molecular formula is C30H34N4O3. The van der Waals surface area contributed by atoms with E-state index in [2.05, 4.69) is 46.9 Å². The lowest BCUT2D eigenvalue weighted by Crippen LogP contribution is -2.33. The summed E-state index contributed by atoms with van der Waals surface area (Å²) in [5, 5.41) is 10.9. The van der Waals surface area contributed by atoms with Crippen molar-refractivity contribution in [1.29, 1.82) is 0 Å². The largest absolute Gasteiger partial charge is 0.456 e. The van der Waals surface area contributed by atoms with Crippen LogP contribution in [0.5, 0.6) is 0 Å². The van der Waals surface area contributed by atoms with E-state index in [1.165, 1.54) is 6.92 Å². The van der Waals surface area contributed by atoms with Gasteiger partial charge in [-0.25, -0.2) is 0 Å². The van der Waals surface area contributed by atoms with Gasteiger partial charge in [0, 0.05) is 73.0 Å². The van der Waals surface area contributed by atoms with Gasteiger partial charge in [0.15, 0.2) is 0 Å². The van der Waals surface area contributed by atoms with Gasteiger partial charge in [-0.05, 0) is 62.6 Å². The number of carbonyl (C=O) groups is 2. The van der Waals surface area contributed by atoms with Crippen molar-refractivity contribution in [3.8, 4) is 22.5 Å². The molecule has 2 amide bonds. The molecule has 0 aromatic heterocycles. The lowest BCUT2D eigenvalue weighted by atomic mass is 9.89. The molecule has 0 spiro atoms. The number of nitrogens with one attached hydrogen (secondary N) is 3. The summed E-state index contributed by atoms with van der Waals surface area (Å²) in [6, 6.07) is 15.9. The molecule has 1 aliphatic heterocycles. The van der Waals surface area contributed by atoms with Crippen LogP contribution in [0.3, 0.4) is 0 Å². The van der Waals surface area contributed by atoms with E-state index in [-0.39, 0.29) is 11.8 Å². The minimum atomic E-state index is -0.196. The van der Waals surface area contributed by atoms with E-state index in [4.69, 9.17) is 4.42 Å². The summed E-state index contributed by atoms with van der Waals surface area (Å²) in [5.74, 6) is 0.392. The zero-order chi connectivity index (χ0) is 26.5. The second-order valence-electron chi connectivity index (χ2n) is 9.06. The summed E-state index contributed by atoms with van der Waals surface area (Å²) in [6.07, 6.45) is 0. The summed E-state index contributed by atoms with van der Waals surface area (Å²) < 4.78 is 6.45. The molecule has 2 aliphatic rings. The van der Waals surface area contributed by atoms with Crippen molar-refractivity contribution in [1.82, 2.24) is 10.6 Å². The van der Waals surface area contributed by atoms with Crippen LogP contribution in [-0.2, 0) is 4.79 Å². The molecule has 0 saturated carbocycles. The molecule has 0 fully saturated rings. The van der Waals surface area contributed by atoms with Crippen LogP contribution in [-0.4, -0.2) is 38.0 Å². The molecule has 4 rings (SSSR count). The second kappa shape index (κ2) is 11.3. The lowest BCUT2D eigenvalue weighted by molar-refractivity contribution is -0.118. The number of aryl methyl sites for hydroxylation is 2. The minimum absolute atomic E-state index is 0.127. The fraction of sp³-hybridized carbons (Fsp3) is 0.300. The molecule has 7 nitrogen and oxygen atoms in total. The van der Waals surface area contributed by atoms with Crippen molar-refractivity contribution >= 4 is 28.5 Å². The predicted octanol–water partition coefficient (Wildman–Crippen LogP) is 5.04. The summed E-state index contributed by atoms with van der Waals surface area (Å²) in [7, 11) is 0. The van der Waals surface area contributed by atoms with Crippen molar-refractivity contribution < 1.29 is 14.0 Å². The molecule has 1 heterocycles. The number of nitrogens with zero attached hydrogens (tertiary/aromatic N) is 1. The van der Waals surface area contributed by atoms with E-state index in [9.17, 15) is 9.59 Å². The molecular weight excluding hydrogens is 464 g/mol. The second-order valence-corrected chi connectivity index (χ2v) is 9.06. The average Bonchev–Trinajstić information content (AvgIpc) is 2.87. The van der Waals surface area contributed by atoms with Gasteiger partial charge in [-0.15, -0.1) is 0 Å². The third kappa shape index (κ3) is 5.50. The minimum Gasteiger partial charge on any atom is -0.456 e. The first kappa shape index (κ1) is 25.9. The first-order valence-electron chi connectivity index (χ1n) is 12.7. The Hall–Kier alpha value is -4.13. The van der Waals surface area contributed by atoms with Crippen molar-refractivity contribution in [2.75, 3.05) is 31.5 Å². The number of hydrogen-bond acceptors (Lipinski definition) is 5. The standard InChI is InChI=1S/C30H34N4O3/c1-6-31-25-16-27-23(14-18(25)3)29(24-15-19(4)26(32-7-2)17-28(24)37-27)21-10-8-9-11-22(21)30(36)34-13-12-33-20(5)35/h8-11,14-17,31H,6-7,12-13H2,1-5H3,(H,33,35)(H,34,36). The molecule has 37 heavy (non-hydrogen) atoms. The van der Waals surface area contributed by atoms with Gasteiger partial charge in [0.05, 0.1) is 5.36 Å². The Morgan fingerprint density at radius 3 is 2.41 bits per heavy atom. The highest BCUT2D eigenvalue weighted by molar-refractivity contribution is 6.09. The van der Waals surface area contributed by atoms with E-state index < -0.39 is 0 Å². The zero-order valence-corrected chi connectivity index (χ0v) is 22.1. The van der Waals surface area contributed by atoms with Gasteiger partial charge in [-0.2, -0.15) is 0 Å². The maximum atomic E-state index is 13.3. The van der Waals surface area contributed by atoms with E-state index in [1.807, 2.05) is 50.2 Å². The van der Waals surface area contributed by atoms with Crippen LogP contribution >= 0.6 is 0 Å². The van der Waals surface area contributed by atoms with Gasteiger partial charge in [-0.1, -0.05) is 18.2 Å². The normalized spacial score (nSPS) is 11.6. The van der Waals surface area contributed by atoms with Crippen LogP contribution in [0.1, 0.15) is 42.3 Å². The third-order valence-electron chi connectivity index (χ3n) is 6.30. The van der Waals surface area contributed by atoms with E-state index in [1.54, 1.807) is 0 Å². The van der Waals surface area contributed by atoms with Crippen LogP contribution in [0.4, 0.5) is 5.69 Å². The first-order valence-corrected chi connectivity index (χ1v) is 12.7. The summed E-state index contributed by atoms with van der Waals surface area (Å²) in [4.78, 5) is 29.1. The van der Waals surface area contributed by atoms with E-state index in [0.717, 1.165) is 56.4 Å². The van der Waals surface area contributed by atoms with Crippen LogP contribution in [0.15, 0.2) is 57.9 Å². The highest BCUT2D eigenvalue weighted by atomic mass is 16.3. The van der Waals surface area contributed by atoms with Gasteiger partial charge in [-0.3, -0.25) is 14.6 Å². The number of rotatable bonds is 8. The van der Waals surface area contributed by atoms with Crippen molar-refractivity contribution in [2.24, 2.45) is 4.99 Å². The van der Waals surface area contributed by atoms with Crippen LogP contribution < -0.4 is 21.3 Å². The number of hydrogen-bond donors (Lipinski definition) is 3. The van der Waals surface area contributed by atoms with Crippen molar-refractivity contribution in [2.45, 2.75) is 34.6 Å². The van der Waals surface area contributed by atoms with Gasteiger partial charge in [0.25, 0.3) is 5.91 Å². The molecule has 0 radical (unpaired) electrons. The Bertz CT molecular complexity index is 1500. The quantitative estimate of drug-likeness (QED) is 0.234. The third-order valence-corrected chi connectivity index (χ3v) is 6.30. The number of anilines is 1. The highest BCUT2D eigenvalue weighted by Crippen LogP contribution is 2.42. The molecule has 7 heteroatoms. The molecule has 2 aromatic rings. The van der Waals surface area contributed by atoms with E-state index >= 15 is 0 Å². The van der Waals surface area contributed by atoms with Crippen molar-refractivity contribution in [3.05, 3.63) is 70.6 Å². The lowest BCUT2D eigenvalue weighted by Gasteiger charge is -2.20. The fourth-order valence-corrected chi connectivity index (χ4v) is 4.61. The summed E-state index contributed by atoms with van der Waals surface area (Å²) in [6.45, 7) is 11.8. The van der Waals surface area contributed by atoms with Crippen molar-refractivity contribution in [3.63, 3.8) is 0 Å². The van der Waals surface area contributed by atoms with Gasteiger partial charge < -0.3 is 20.4 Å². The zero-order valence-electron chi connectivity index (χ0n) is 22.1. The van der Waals surface area contributed by atoms with Crippen LogP contribution in [0.2, 0.25) is 0 Å². The number of benzene rings is 3. The Balaban J connectivity index is 1.96. The van der Waals surface area contributed by atoms with Gasteiger partial charge in [0.1, 0.15) is 11.3 Å². The molecule has 192 valence electrons. The number of fused-ring (bicyclic) bond motifs is 2. The number of carbonyl (C=O) groups excluding carboxylic acids is 2. The summed E-state index contributed by atoms with van der Waals surface area (Å²) >= 11 is 0. The molecule has 0 atom stereocenters.